The van der Waals surface area contributed by atoms with E-state index >= 15 is 0 Å². The average molecular weight is 299 g/mol. The normalized spacial score (nSPS) is 9.62. The van der Waals surface area contributed by atoms with E-state index in [1.54, 1.807) is 11.3 Å². The van der Waals surface area contributed by atoms with Crippen LogP contribution in [0.4, 0.5) is 10.5 Å². The van der Waals surface area contributed by atoms with Crippen molar-refractivity contribution < 1.29 is 4.79 Å². The molecule has 21 heavy (non-hydrogen) atoms. The minimum atomic E-state index is -0.219. The fourth-order valence-electron chi connectivity index (χ4n) is 1.74. The molecule has 2 rings (SSSR count). The number of aryl methyl sites for hydroxylation is 1. The molecule has 0 atom stereocenters. The lowest BCUT2D eigenvalue weighted by Crippen LogP contribution is -2.27. The molecular weight excluding hydrogens is 282 g/mol. The zero-order valence-corrected chi connectivity index (χ0v) is 12.6. The smallest absolute Gasteiger partial charge is 0.319 e. The van der Waals surface area contributed by atoms with Crippen LogP contribution >= 0.6 is 11.3 Å². The quantitative estimate of drug-likeness (QED) is 0.763. The van der Waals surface area contributed by atoms with Crippen molar-refractivity contribution in [1.82, 2.24) is 5.32 Å². The third-order valence-corrected chi connectivity index (χ3v) is 3.68. The van der Waals surface area contributed by atoms with Crippen molar-refractivity contribution in [3.63, 3.8) is 0 Å². The highest BCUT2D eigenvalue weighted by molar-refractivity contribution is 7.12. The van der Waals surface area contributed by atoms with E-state index in [1.807, 2.05) is 43.3 Å². The largest absolute Gasteiger partial charge is 0.333 e. The standard InChI is InChI=1S/C16H17N3OS/c1-12-4-2-5-13(10-12)19-16(20)18-11-15-8-7-14(21-15)6-3-9-17/h2,4-5,7-8,10H,9,11,17H2,1H3,(H2,18,19,20). The van der Waals surface area contributed by atoms with E-state index in [0.29, 0.717) is 13.1 Å². The highest BCUT2D eigenvalue weighted by atomic mass is 32.1. The van der Waals surface area contributed by atoms with E-state index in [0.717, 1.165) is 21.0 Å². The van der Waals surface area contributed by atoms with Gasteiger partial charge in [-0.1, -0.05) is 24.0 Å². The number of hydrogen-bond acceptors (Lipinski definition) is 3. The van der Waals surface area contributed by atoms with Crippen LogP contribution in [0.2, 0.25) is 0 Å². The van der Waals surface area contributed by atoms with Gasteiger partial charge in [0, 0.05) is 10.6 Å². The molecule has 1 aromatic heterocycles. The molecule has 0 saturated carbocycles. The molecule has 0 bridgehead atoms. The first-order chi connectivity index (χ1) is 10.2. The van der Waals surface area contributed by atoms with Gasteiger partial charge in [-0.05, 0) is 36.8 Å². The molecule has 4 N–H and O–H groups in total. The van der Waals surface area contributed by atoms with Crippen molar-refractivity contribution in [3.8, 4) is 11.8 Å². The van der Waals surface area contributed by atoms with Crippen molar-refractivity contribution in [3.05, 3.63) is 51.7 Å². The number of hydrogen-bond donors (Lipinski definition) is 3. The first kappa shape index (κ1) is 15.1. The first-order valence-electron chi connectivity index (χ1n) is 6.56. The van der Waals surface area contributed by atoms with Gasteiger partial charge in [-0.15, -0.1) is 11.3 Å². The van der Waals surface area contributed by atoms with E-state index in [9.17, 15) is 4.79 Å². The summed E-state index contributed by atoms with van der Waals surface area (Å²) in [6.45, 7) is 2.82. The third kappa shape index (κ3) is 4.95. The van der Waals surface area contributed by atoms with Gasteiger partial charge >= 0.3 is 6.03 Å². The molecule has 0 aliphatic carbocycles. The van der Waals surface area contributed by atoms with Crippen LogP contribution in [0.5, 0.6) is 0 Å². The number of carbonyl (C=O) groups is 1. The summed E-state index contributed by atoms with van der Waals surface area (Å²) in [4.78, 5) is 13.8. The third-order valence-electron chi connectivity index (χ3n) is 2.67. The second-order valence-electron chi connectivity index (χ2n) is 4.45. The van der Waals surface area contributed by atoms with Gasteiger partial charge in [0.15, 0.2) is 0 Å². The lowest BCUT2D eigenvalue weighted by molar-refractivity contribution is 0.252. The Bertz CT molecular complexity index is 682. The Labute approximate surface area is 128 Å². The predicted octanol–water partition coefficient (Wildman–Crippen LogP) is 2.69. The molecular formula is C16H17N3OS. The molecule has 0 aliphatic rings. The fourth-order valence-corrected chi connectivity index (χ4v) is 2.57. The highest BCUT2D eigenvalue weighted by Gasteiger charge is 2.03. The molecule has 0 aliphatic heterocycles. The SMILES string of the molecule is Cc1cccc(NC(=O)NCc2ccc(C#CCN)s2)c1. The van der Waals surface area contributed by atoms with E-state index in [2.05, 4.69) is 22.5 Å². The molecule has 0 saturated heterocycles. The number of urea groups is 1. The van der Waals surface area contributed by atoms with Crippen LogP contribution in [-0.4, -0.2) is 12.6 Å². The van der Waals surface area contributed by atoms with Crippen LogP contribution in [0.1, 0.15) is 15.3 Å². The summed E-state index contributed by atoms with van der Waals surface area (Å²) in [7, 11) is 0. The van der Waals surface area contributed by atoms with Gasteiger partial charge in [0.1, 0.15) is 0 Å². The lowest BCUT2D eigenvalue weighted by atomic mass is 10.2. The maximum atomic E-state index is 11.8. The van der Waals surface area contributed by atoms with Gasteiger partial charge in [-0.3, -0.25) is 0 Å². The number of benzene rings is 1. The Morgan fingerprint density at radius 1 is 1.33 bits per heavy atom. The minimum Gasteiger partial charge on any atom is -0.333 e. The van der Waals surface area contributed by atoms with Crippen LogP contribution < -0.4 is 16.4 Å². The number of anilines is 1. The van der Waals surface area contributed by atoms with Crippen LogP contribution in [-0.2, 0) is 6.54 Å². The summed E-state index contributed by atoms with van der Waals surface area (Å²) in [6, 6.07) is 11.3. The molecule has 0 spiro atoms. The van der Waals surface area contributed by atoms with Gasteiger partial charge in [-0.2, -0.15) is 0 Å². The summed E-state index contributed by atoms with van der Waals surface area (Å²) >= 11 is 1.55. The maximum absolute atomic E-state index is 11.8. The molecule has 5 heteroatoms. The first-order valence-corrected chi connectivity index (χ1v) is 7.38. The van der Waals surface area contributed by atoms with Crippen LogP contribution in [0, 0.1) is 18.8 Å². The average Bonchev–Trinajstić information content (AvgIpc) is 2.91. The van der Waals surface area contributed by atoms with Gasteiger partial charge in [0.25, 0.3) is 0 Å². The number of thiophene rings is 1. The van der Waals surface area contributed by atoms with Crippen molar-refractivity contribution in [1.29, 1.82) is 0 Å². The summed E-state index contributed by atoms with van der Waals surface area (Å²) in [5, 5.41) is 5.63. The Kier molecular flexibility index (Phi) is 5.38. The van der Waals surface area contributed by atoms with Crippen molar-refractivity contribution in [2.45, 2.75) is 13.5 Å². The second kappa shape index (κ2) is 7.48. The number of amides is 2. The van der Waals surface area contributed by atoms with E-state index in [1.165, 1.54) is 0 Å². The Morgan fingerprint density at radius 2 is 2.19 bits per heavy atom. The summed E-state index contributed by atoms with van der Waals surface area (Å²) in [5.74, 6) is 5.78. The number of nitrogens with one attached hydrogen (secondary N) is 2. The van der Waals surface area contributed by atoms with Gasteiger partial charge < -0.3 is 16.4 Å². The minimum absolute atomic E-state index is 0.219. The van der Waals surface area contributed by atoms with E-state index in [4.69, 9.17) is 5.73 Å². The van der Waals surface area contributed by atoms with Crippen LogP contribution in [0.25, 0.3) is 0 Å². The van der Waals surface area contributed by atoms with Gasteiger partial charge in [0.05, 0.1) is 18.0 Å². The molecule has 0 radical (unpaired) electrons. The molecule has 2 amide bonds. The summed E-state index contributed by atoms with van der Waals surface area (Å²) in [6.07, 6.45) is 0. The zero-order chi connectivity index (χ0) is 15.1. The highest BCUT2D eigenvalue weighted by Crippen LogP contribution is 2.15. The topological polar surface area (TPSA) is 67.2 Å². The zero-order valence-electron chi connectivity index (χ0n) is 11.8. The van der Waals surface area contributed by atoms with Crippen LogP contribution in [0.15, 0.2) is 36.4 Å². The molecule has 4 nitrogen and oxygen atoms in total. The molecule has 2 aromatic rings. The van der Waals surface area contributed by atoms with E-state index < -0.39 is 0 Å². The van der Waals surface area contributed by atoms with Gasteiger partial charge in [0.2, 0.25) is 0 Å². The second-order valence-corrected chi connectivity index (χ2v) is 5.62. The number of carbonyl (C=O) groups excluding carboxylic acids is 1. The van der Waals surface area contributed by atoms with Gasteiger partial charge in [-0.25, -0.2) is 4.79 Å². The predicted molar refractivity (Wildman–Crippen MR) is 87.3 cm³/mol. The Hall–Kier alpha value is -2.29. The monoisotopic (exact) mass is 299 g/mol. The molecule has 1 aromatic carbocycles. The summed E-state index contributed by atoms with van der Waals surface area (Å²) in [5.41, 5.74) is 7.22. The number of rotatable bonds is 3. The molecule has 0 unspecified atom stereocenters. The lowest BCUT2D eigenvalue weighted by Gasteiger charge is -2.07. The maximum Gasteiger partial charge on any atom is 0.319 e. The molecule has 0 fully saturated rings. The Balaban J connectivity index is 1.85. The van der Waals surface area contributed by atoms with Crippen molar-refractivity contribution in [2.75, 3.05) is 11.9 Å². The Morgan fingerprint density at radius 3 is 2.95 bits per heavy atom. The van der Waals surface area contributed by atoms with E-state index in [-0.39, 0.29) is 6.03 Å². The van der Waals surface area contributed by atoms with Crippen molar-refractivity contribution in [2.24, 2.45) is 5.73 Å². The van der Waals surface area contributed by atoms with Crippen molar-refractivity contribution >= 4 is 23.1 Å². The fraction of sp³-hybridized carbons (Fsp3) is 0.188. The molecule has 108 valence electrons. The number of nitrogens with two attached hydrogens (primary N) is 1. The molecule has 1 heterocycles. The van der Waals surface area contributed by atoms with Crippen LogP contribution in [0.3, 0.4) is 0 Å². The summed E-state index contributed by atoms with van der Waals surface area (Å²) < 4.78 is 0.